The number of aryl methyl sites for hydroxylation is 1. The second-order valence-electron chi connectivity index (χ2n) is 5.42. The van der Waals surface area contributed by atoms with Gasteiger partial charge in [0.05, 0.1) is 5.69 Å². The lowest BCUT2D eigenvalue weighted by Crippen LogP contribution is -2.39. The first-order valence-corrected chi connectivity index (χ1v) is 8.51. The maximum Gasteiger partial charge on any atom is 0.186 e. The molecule has 0 aromatic carbocycles. The van der Waals surface area contributed by atoms with Gasteiger partial charge in [0.15, 0.2) is 5.13 Å². The lowest BCUT2D eigenvalue weighted by Gasteiger charge is -2.35. The number of hydrogen-bond donors (Lipinski definition) is 1. The number of nitrogens with one attached hydrogen (secondary N) is 1. The summed E-state index contributed by atoms with van der Waals surface area (Å²) in [5, 5.41) is 4.66. The van der Waals surface area contributed by atoms with Crippen LogP contribution in [0.4, 0.5) is 5.13 Å². The number of thiazole rings is 1. The third-order valence-electron chi connectivity index (χ3n) is 3.91. The van der Waals surface area contributed by atoms with E-state index in [0.29, 0.717) is 0 Å². The van der Waals surface area contributed by atoms with Crippen LogP contribution in [0.15, 0.2) is 0 Å². The van der Waals surface area contributed by atoms with Gasteiger partial charge in [-0.15, -0.1) is 11.3 Å². The number of anilines is 1. The summed E-state index contributed by atoms with van der Waals surface area (Å²) < 4.78 is 0. The Balaban J connectivity index is 2.10. The summed E-state index contributed by atoms with van der Waals surface area (Å²) in [6, 6.07) is 0.719. The molecule has 0 bridgehead atoms. The third-order valence-corrected chi connectivity index (χ3v) is 5.11. The standard InChI is InChI=1S/C15H27N3S/c1-4-8-13-9-6-7-10-18(13)15-17-12(3)14(19-15)11-16-5-2/h13,16H,4-11H2,1-3H3. The van der Waals surface area contributed by atoms with E-state index in [2.05, 4.69) is 31.0 Å². The molecule has 0 spiro atoms. The number of nitrogens with zero attached hydrogens (tertiary/aromatic N) is 2. The molecule has 0 aliphatic carbocycles. The number of piperidine rings is 1. The Kier molecular flexibility index (Phi) is 5.64. The first kappa shape index (κ1) is 14.8. The molecule has 0 amide bonds. The molecular formula is C15H27N3S. The van der Waals surface area contributed by atoms with Gasteiger partial charge in [0, 0.05) is 24.0 Å². The summed E-state index contributed by atoms with van der Waals surface area (Å²) in [4.78, 5) is 8.79. The Hall–Kier alpha value is -0.610. The smallest absolute Gasteiger partial charge is 0.186 e. The monoisotopic (exact) mass is 281 g/mol. The van der Waals surface area contributed by atoms with Crippen LogP contribution in [0, 0.1) is 6.92 Å². The van der Waals surface area contributed by atoms with E-state index in [-0.39, 0.29) is 0 Å². The van der Waals surface area contributed by atoms with Crippen LogP contribution in [0.1, 0.15) is 56.5 Å². The predicted molar refractivity (Wildman–Crippen MR) is 84.1 cm³/mol. The molecule has 2 rings (SSSR count). The van der Waals surface area contributed by atoms with Gasteiger partial charge in [-0.2, -0.15) is 0 Å². The van der Waals surface area contributed by atoms with Crippen molar-refractivity contribution in [2.75, 3.05) is 18.0 Å². The highest BCUT2D eigenvalue weighted by atomic mass is 32.1. The van der Waals surface area contributed by atoms with Gasteiger partial charge in [0.2, 0.25) is 0 Å². The molecule has 1 aromatic rings. The zero-order valence-corrected chi connectivity index (χ0v) is 13.4. The van der Waals surface area contributed by atoms with Gasteiger partial charge in [-0.3, -0.25) is 0 Å². The molecule has 1 N–H and O–H groups in total. The van der Waals surface area contributed by atoms with Gasteiger partial charge < -0.3 is 10.2 Å². The van der Waals surface area contributed by atoms with E-state index in [0.717, 1.165) is 19.1 Å². The molecule has 0 saturated carbocycles. The topological polar surface area (TPSA) is 28.2 Å². The number of hydrogen-bond acceptors (Lipinski definition) is 4. The predicted octanol–water partition coefficient (Wildman–Crippen LogP) is 3.72. The molecule has 1 saturated heterocycles. The van der Waals surface area contributed by atoms with E-state index in [1.165, 1.54) is 54.4 Å². The quantitative estimate of drug-likeness (QED) is 0.861. The third kappa shape index (κ3) is 3.69. The van der Waals surface area contributed by atoms with Gasteiger partial charge in [-0.05, 0) is 39.2 Å². The van der Waals surface area contributed by atoms with Crippen molar-refractivity contribution < 1.29 is 0 Å². The fourth-order valence-electron chi connectivity index (χ4n) is 2.82. The molecule has 2 heterocycles. The van der Waals surface area contributed by atoms with E-state index in [1.54, 1.807) is 0 Å². The SMILES string of the molecule is CCCC1CCCCN1c1nc(C)c(CNCC)s1. The Bertz CT molecular complexity index is 387. The summed E-state index contributed by atoms with van der Waals surface area (Å²) in [6.45, 7) is 9.76. The van der Waals surface area contributed by atoms with Crippen molar-refractivity contribution in [1.82, 2.24) is 10.3 Å². The normalized spacial score (nSPS) is 19.9. The summed E-state index contributed by atoms with van der Waals surface area (Å²) in [5.74, 6) is 0. The Morgan fingerprint density at radius 3 is 2.95 bits per heavy atom. The molecule has 3 nitrogen and oxygen atoms in total. The molecule has 19 heavy (non-hydrogen) atoms. The highest BCUT2D eigenvalue weighted by Crippen LogP contribution is 2.32. The van der Waals surface area contributed by atoms with Crippen molar-refractivity contribution in [3.63, 3.8) is 0 Å². The minimum Gasteiger partial charge on any atom is -0.345 e. The largest absolute Gasteiger partial charge is 0.345 e. The minimum absolute atomic E-state index is 0.719. The van der Waals surface area contributed by atoms with E-state index in [9.17, 15) is 0 Å². The average molecular weight is 281 g/mol. The van der Waals surface area contributed by atoms with E-state index < -0.39 is 0 Å². The average Bonchev–Trinajstić information content (AvgIpc) is 2.79. The first-order chi connectivity index (χ1) is 9.26. The fraction of sp³-hybridized carbons (Fsp3) is 0.800. The first-order valence-electron chi connectivity index (χ1n) is 7.69. The van der Waals surface area contributed by atoms with Crippen LogP contribution in [0.5, 0.6) is 0 Å². The molecule has 1 aromatic heterocycles. The van der Waals surface area contributed by atoms with Crippen LogP contribution in [-0.2, 0) is 6.54 Å². The lowest BCUT2D eigenvalue weighted by atomic mass is 9.99. The molecule has 1 aliphatic heterocycles. The zero-order valence-electron chi connectivity index (χ0n) is 12.5. The van der Waals surface area contributed by atoms with E-state index >= 15 is 0 Å². The maximum atomic E-state index is 4.82. The highest BCUT2D eigenvalue weighted by Gasteiger charge is 2.24. The van der Waals surface area contributed by atoms with Gasteiger partial charge in [-0.25, -0.2) is 4.98 Å². The molecule has 0 radical (unpaired) electrons. The Labute approximate surface area is 121 Å². The van der Waals surface area contributed by atoms with Gasteiger partial charge in [-0.1, -0.05) is 20.3 Å². The summed E-state index contributed by atoms with van der Waals surface area (Å²) in [7, 11) is 0. The number of aromatic nitrogens is 1. The van der Waals surface area contributed by atoms with E-state index in [1.807, 2.05) is 11.3 Å². The zero-order chi connectivity index (χ0) is 13.7. The fourth-order valence-corrected chi connectivity index (χ4v) is 3.95. The second-order valence-corrected chi connectivity index (χ2v) is 6.48. The van der Waals surface area contributed by atoms with Crippen molar-refractivity contribution >= 4 is 16.5 Å². The van der Waals surface area contributed by atoms with Gasteiger partial charge in [0.1, 0.15) is 0 Å². The maximum absolute atomic E-state index is 4.82. The summed E-state index contributed by atoms with van der Waals surface area (Å²) in [5.41, 5.74) is 1.21. The minimum atomic E-state index is 0.719. The van der Waals surface area contributed by atoms with Crippen molar-refractivity contribution in [3.8, 4) is 0 Å². The molecule has 4 heteroatoms. The lowest BCUT2D eigenvalue weighted by molar-refractivity contribution is 0.434. The second kappa shape index (κ2) is 7.25. The van der Waals surface area contributed by atoms with Crippen molar-refractivity contribution in [2.24, 2.45) is 0 Å². The molecule has 1 aliphatic rings. The van der Waals surface area contributed by atoms with Crippen LogP contribution >= 0.6 is 11.3 Å². The van der Waals surface area contributed by atoms with Crippen LogP contribution in [0.25, 0.3) is 0 Å². The molecule has 1 unspecified atom stereocenters. The van der Waals surface area contributed by atoms with E-state index in [4.69, 9.17) is 4.98 Å². The molecule has 1 atom stereocenters. The highest BCUT2D eigenvalue weighted by molar-refractivity contribution is 7.15. The van der Waals surface area contributed by atoms with Crippen LogP contribution in [0.2, 0.25) is 0 Å². The summed E-state index contributed by atoms with van der Waals surface area (Å²) >= 11 is 1.89. The van der Waals surface area contributed by atoms with Crippen molar-refractivity contribution in [2.45, 2.75) is 65.5 Å². The van der Waals surface area contributed by atoms with Crippen molar-refractivity contribution in [1.29, 1.82) is 0 Å². The van der Waals surface area contributed by atoms with Crippen molar-refractivity contribution in [3.05, 3.63) is 10.6 Å². The summed E-state index contributed by atoms with van der Waals surface area (Å²) in [6.07, 6.45) is 6.63. The Morgan fingerprint density at radius 2 is 2.21 bits per heavy atom. The molecule has 108 valence electrons. The van der Waals surface area contributed by atoms with Gasteiger partial charge >= 0.3 is 0 Å². The van der Waals surface area contributed by atoms with Crippen LogP contribution in [0.3, 0.4) is 0 Å². The molecule has 1 fully saturated rings. The van der Waals surface area contributed by atoms with Crippen LogP contribution < -0.4 is 10.2 Å². The molecular weight excluding hydrogens is 254 g/mol. The Morgan fingerprint density at radius 1 is 1.37 bits per heavy atom. The van der Waals surface area contributed by atoms with Gasteiger partial charge in [0.25, 0.3) is 0 Å². The van der Waals surface area contributed by atoms with Crippen LogP contribution in [-0.4, -0.2) is 24.1 Å². The number of rotatable bonds is 6.